The predicted octanol–water partition coefficient (Wildman–Crippen LogP) is 3.50. The van der Waals surface area contributed by atoms with Crippen LogP contribution in [0.25, 0.3) is 0 Å². The first-order valence-corrected chi connectivity index (χ1v) is 8.54. The van der Waals surface area contributed by atoms with Crippen LogP contribution >= 0.6 is 11.8 Å². The number of nitrogens with one attached hydrogen (secondary N) is 1. The van der Waals surface area contributed by atoms with E-state index in [1.807, 2.05) is 23.9 Å². The lowest BCUT2D eigenvalue weighted by Gasteiger charge is -2.25. The maximum atomic E-state index is 14.3. The summed E-state index contributed by atoms with van der Waals surface area (Å²) in [6, 6.07) is 5.79. The minimum Gasteiger partial charge on any atom is -0.494 e. The fraction of sp³-hybridized carbons (Fsp3) is 0.625. The third kappa shape index (κ3) is 3.89. The number of benzene rings is 1. The summed E-state index contributed by atoms with van der Waals surface area (Å²) in [4.78, 5) is 0. The van der Waals surface area contributed by atoms with E-state index in [4.69, 9.17) is 4.74 Å². The molecule has 1 aromatic rings. The fourth-order valence-corrected chi connectivity index (χ4v) is 4.05. The molecule has 1 N–H and O–H groups in total. The Balaban J connectivity index is 2.10. The molecule has 0 aromatic heterocycles. The number of ether oxygens (including phenoxy) is 1. The molecule has 1 aliphatic rings. The zero-order chi connectivity index (χ0) is 14.4. The number of methoxy groups -OCH3 is 1. The van der Waals surface area contributed by atoms with Gasteiger partial charge < -0.3 is 10.1 Å². The van der Waals surface area contributed by atoms with Gasteiger partial charge in [-0.25, -0.2) is 4.39 Å². The molecule has 0 aliphatic carbocycles. The van der Waals surface area contributed by atoms with Crippen molar-refractivity contribution >= 4 is 11.8 Å². The maximum Gasteiger partial charge on any atom is 0.168 e. The molecule has 1 fully saturated rings. The highest BCUT2D eigenvalue weighted by atomic mass is 32.2. The van der Waals surface area contributed by atoms with E-state index >= 15 is 0 Å². The molecule has 2 atom stereocenters. The van der Waals surface area contributed by atoms with E-state index in [2.05, 4.69) is 12.2 Å². The van der Waals surface area contributed by atoms with Gasteiger partial charge in [-0.1, -0.05) is 19.1 Å². The highest BCUT2D eigenvalue weighted by Crippen LogP contribution is 2.29. The largest absolute Gasteiger partial charge is 0.494 e. The second kappa shape index (κ2) is 7.89. The van der Waals surface area contributed by atoms with Gasteiger partial charge in [0.25, 0.3) is 0 Å². The lowest BCUT2D eigenvalue weighted by molar-refractivity contribution is 0.364. The molecule has 20 heavy (non-hydrogen) atoms. The van der Waals surface area contributed by atoms with Crippen LogP contribution in [0.5, 0.6) is 5.75 Å². The van der Waals surface area contributed by atoms with Gasteiger partial charge in [0.1, 0.15) is 0 Å². The standard InChI is InChI=1S/C16H24FNOS/c1-3-8-18-14(13-7-9-20-11-13)10-12-5-4-6-15(19-2)16(12)17/h4-6,13-14,18H,3,7-11H2,1-2H3. The van der Waals surface area contributed by atoms with Crippen molar-refractivity contribution < 1.29 is 9.13 Å². The van der Waals surface area contributed by atoms with Crippen molar-refractivity contribution in [3.63, 3.8) is 0 Å². The Kier molecular flexibility index (Phi) is 6.17. The number of hydrogen-bond acceptors (Lipinski definition) is 3. The molecule has 2 unspecified atom stereocenters. The molecule has 1 heterocycles. The van der Waals surface area contributed by atoms with E-state index in [1.165, 1.54) is 25.0 Å². The van der Waals surface area contributed by atoms with Crippen LogP contribution in [0, 0.1) is 11.7 Å². The third-order valence-electron chi connectivity index (χ3n) is 3.89. The Hall–Kier alpha value is -0.740. The van der Waals surface area contributed by atoms with Gasteiger partial charge in [0, 0.05) is 6.04 Å². The molecule has 0 spiro atoms. The van der Waals surface area contributed by atoms with Gasteiger partial charge in [-0.05, 0) is 54.9 Å². The molecular weight excluding hydrogens is 273 g/mol. The van der Waals surface area contributed by atoms with Crippen LogP contribution in [0.1, 0.15) is 25.3 Å². The van der Waals surface area contributed by atoms with Gasteiger partial charge in [-0.3, -0.25) is 0 Å². The summed E-state index contributed by atoms with van der Waals surface area (Å²) in [5, 5.41) is 3.60. The van der Waals surface area contributed by atoms with Crippen LogP contribution in [0.2, 0.25) is 0 Å². The second-order valence-corrected chi connectivity index (χ2v) is 6.47. The second-order valence-electron chi connectivity index (χ2n) is 5.32. The quantitative estimate of drug-likeness (QED) is 0.832. The summed E-state index contributed by atoms with van der Waals surface area (Å²) < 4.78 is 19.4. The van der Waals surface area contributed by atoms with Crippen molar-refractivity contribution in [1.82, 2.24) is 5.32 Å². The van der Waals surface area contributed by atoms with Gasteiger partial charge in [0.05, 0.1) is 7.11 Å². The molecular formula is C16H24FNOS. The highest BCUT2D eigenvalue weighted by Gasteiger charge is 2.26. The average Bonchev–Trinajstić information content (AvgIpc) is 2.99. The minimum atomic E-state index is -0.205. The van der Waals surface area contributed by atoms with Gasteiger partial charge in [-0.15, -0.1) is 0 Å². The van der Waals surface area contributed by atoms with E-state index in [-0.39, 0.29) is 5.82 Å². The fourth-order valence-electron chi connectivity index (χ4n) is 2.71. The van der Waals surface area contributed by atoms with Gasteiger partial charge >= 0.3 is 0 Å². The van der Waals surface area contributed by atoms with Crippen LogP contribution < -0.4 is 10.1 Å². The Morgan fingerprint density at radius 1 is 1.50 bits per heavy atom. The normalized spacial score (nSPS) is 20.1. The van der Waals surface area contributed by atoms with Gasteiger partial charge in [0.2, 0.25) is 0 Å². The first-order valence-electron chi connectivity index (χ1n) is 7.38. The molecule has 1 saturated heterocycles. The topological polar surface area (TPSA) is 21.3 Å². The van der Waals surface area contributed by atoms with Crippen LogP contribution in [-0.4, -0.2) is 31.2 Å². The Labute approximate surface area is 125 Å². The summed E-state index contributed by atoms with van der Waals surface area (Å²) in [6.45, 7) is 3.16. The molecule has 1 aromatic carbocycles. The van der Waals surface area contributed by atoms with Crippen molar-refractivity contribution in [3.05, 3.63) is 29.6 Å². The lowest BCUT2D eigenvalue weighted by atomic mass is 9.92. The van der Waals surface area contributed by atoms with E-state index in [1.54, 1.807) is 6.07 Å². The summed E-state index contributed by atoms with van der Waals surface area (Å²) in [5.41, 5.74) is 0.759. The van der Waals surface area contributed by atoms with E-state index in [0.717, 1.165) is 24.9 Å². The smallest absolute Gasteiger partial charge is 0.168 e. The SMILES string of the molecule is CCCNC(Cc1cccc(OC)c1F)C1CCSC1. The number of rotatable bonds is 7. The highest BCUT2D eigenvalue weighted by molar-refractivity contribution is 7.99. The Bertz CT molecular complexity index is 421. The molecule has 0 bridgehead atoms. The first kappa shape index (κ1) is 15.6. The van der Waals surface area contributed by atoms with Crippen LogP contribution in [-0.2, 0) is 6.42 Å². The van der Waals surface area contributed by atoms with Crippen molar-refractivity contribution in [2.45, 2.75) is 32.2 Å². The summed E-state index contributed by atoms with van der Waals surface area (Å²) in [5.74, 6) is 3.21. The van der Waals surface area contributed by atoms with Gasteiger partial charge in [-0.2, -0.15) is 11.8 Å². The van der Waals surface area contributed by atoms with Crippen LogP contribution in [0.15, 0.2) is 18.2 Å². The van der Waals surface area contributed by atoms with Gasteiger partial charge in [0.15, 0.2) is 11.6 Å². The molecule has 0 saturated carbocycles. The number of hydrogen-bond donors (Lipinski definition) is 1. The maximum absolute atomic E-state index is 14.3. The molecule has 0 radical (unpaired) electrons. The number of halogens is 1. The van der Waals surface area contributed by atoms with Crippen LogP contribution in [0.4, 0.5) is 4.39 Å². The van der Waals surface area contributed by atoms with Crippen molar-refractivity contribution in [1.29, 1.82) is 0 Å². The van der Waals surface area contributed by atoms with Crippen molar-refractivity contribution in [2.75, 3.05) is 25.2 Å². The molecule has 4 heteroatoms. The molecule has 2 nitrogen and oxygen atoms in total. The average molecular weight is 297 g/mol. The molecule has 0 amide bonds. The zero-order valence-corrected chi connectivity index (χ0v) is 13.1. The lowest BCUT2D eigenvalue weighted by Crippen LogP contribution is -2.38. The van der Waals surface area contributed by atoms with Crippen LogP contribution in [0.3, 0.4) is 0 Å². The number of thioether (sulfide) groups is 1. The molecule has 1 aliphatic heterocycles. The van der Waals surface area contributed by atoms with E-state index in [9.17, 15) is 4.39 Å². The summed E-state index contributed by atoms with van der Waals surface area (Å²) in [6.07, 6.45) is 3.09. The van der Waals surface area contributed by atoms with E-state index < -0.39 is 0 Å². The first-order chi connectivity index (χ1) is 9.76. The molecule has 112 valence electrons. The summed E-state index contributed by atoms with van der Waals surface area (Å²) in [7, 11) is 1.52. The monoisotopic (exact) mass is 297 g/mol. The van der Waals surface area contributed by atoms with Crippen molar-refractivity contribution in [3.8, 4) is 5.75 Å². The Morgan fingerprint density at radius 2 is 2.35 bits per heavy atom. The Morgan fingerprint density at radius 3 is 3.00 bits per heavy atom. The third-order valence-corrected chi connectivity index (χ3v) is 5.08. The van der Waals surface area contributed by atoms with E-state index in [0.29, 0.717) is 17.7 Å². The molecule has 2 rings (SSSR count). The van der Waals surface area contributed by atoms with Crippen molar-refractivity contribution in [2.24, 2.45) is 5.92 Å². The zero-order valence-electron chi connectivity index (χ0n) is 12.3. The summed E-state index contributed by atoms with van der Waals surface area (Å²) >= 11 is 2.01. The predicted molar refractivity (Wildman–Crippen MR) is 84.2 cm³/mol. The minimum absolute atomic E-state index is 0.205.